The van der Waals surface area contributed by atoms with Crippen molar-refractivity contribution in [3.8, 4) is 5.75 Å². The molecule has 0 aliphatic heterocycles. The minimum atomic E-state index is -0.923. The monoisotopic (exact) mass is 498 g/mol. The van der Waals surface area contributed by atoms with E-state index in [-0.39, 0.29) is 12.3 Å². The van der Waals surface area contributed by atoms with Crippen molar-refractivity contribution in [1.82, 2.24) is 10.6 Å². The minimum absolute atomic E-state index is 0.121. The van der Waals surface area contributed by atoms with Gasteiger partial charge in [0.15, 0.2) is 0 Å². The predicted octanol–water partition coefficient (Wildman–Crippen LogP) is 4.41. The molecule has 0 spiro atoms. The maximum atomic E-state index is 13.1. The van der Waals surface area contributed by atoms with Gasteiger partial charge in [0.2, 0.25) is 5.91 Å². The molecule has 0 saturated heterocycles. The third-order valence-electron chi connectivity index (χ3n) is 5.13. The number of rotatable bonds is 11. The van der Waals surface area contributed by atoms with Crippen molar-refractivity contribution in [2.24, 2.45) is 5.92 Å². The number of hydrogen-bond donors (Lipinski definition) is 2. The molecular formula is C28H38N2O6. The van der Waals surface area contributed by atoms with Gasteiger partial charge in [-0.05, 0) is 56.4 Å². The largest absolute Gasteiger partial charge is 0.489 e. The van der Waals surface area contributed by atoms with E-state index in [1.54, 1.807) is 20.8 Å². The van der Waals surface area contributed by atoms with Crippen molar-refractivity contribution in [2.45, 2.75) is 71.8 Å². The fourth-order valence-electron chi connectivity index (χ4n) is 3.46. The number of benzene rings is 2. The first-order valence-corrected chi connectivity index (χ1v) is 12.1. The van der Waals surface area contributed by atoms with Crippen LogP contribution in [-0.4, -0.2) is 42.8 Å². The Bertz CT molecular complexity index is 983. The van der Waals surface area contributed by atoms with Gasteiger partial charge < -0.3 is 24.8 Å². The highest BCUT2D eigenvalue weighted by Gasteiger charge is 2.29. The van der Waals surface area contributed by atoms with Crippen LogP contribution < -0.4 is 15.4 Å². The number of ether oxygens (including phenoxy) is 3. The van der Waals surface area contributed by atoms with E-state index in [0.717, 1.165) is 11.1 Å². The summed E-state index contributed by atoms with van der Waals surface area (Å²) in [5, 5.41) is 5.36. The molecule has 2 aromatic rings. The number of carbonyl (C=O) groups excluding carboxylic acids is 3. The predicted molar refractivity (Wildman–Crippen MR) is 137 cm³/mol. The Morgan fingerprint density at radius 1 is 0.861 bits per heavy atom. The van der Waals surface area contributed by atoms with Gasteiger partial charge in [0.25, 0.3) is 0 Å². The molecule has 0 aliphatic carbocycles. The van der Waals surface area contributed by atoms with Gasteiger partial charge in [-0.25, -0.2) is 9.59 Å². The molecule has 0 heterocycles. The molecule has 36 heavy (non-hydrogen) atoms. The molecule has 0 unspecified atom stereocenters. The van der Waals surface area contributed by atoms with Crippen LogP contribution >= 0.6 is 0 Å². The molecule has 2 amide bonds. The van der Waals surface area contributed by atoms with E-state index in [9.17, 15) is 14.4 Å². The van der Waals surface area contributed by atoms with E-state index in [1.165, 1.54) is 7.11 Å². The van der Waals surface area contributed by atoms with Gasteiger partial charge in [0.05, 0.1) is 7.11 Å². The van der Waals surface area contributed by atoms with E-state index >= 15 is 0 Å². The number of carbonyl (C=O) groups is 3. The van der Waals surface area contributed by atoms with Crippen LogP contribution in [0.3, 0.4) is 0 Å². The van der Waals surface area contributed by atoms with Crippen LogP contribution in [0.25, 0.3) is 0 Å². The summed E-state index contributed by atoms with van der Waals surface area (Å²) < 4.78 is 16.0. The third kappa shape index (κ3) is 10.4. The zero-order valence-electron chi connectivity index (χ0n) is 22.0. The number of esters is 1. The lowest BCUT2D eigenvalue weighted by Crippen LogP contribution is -2.53. The zero-order valence-corrected chi connectivity index (χ0v) is 22.0. The van der Waals surface area contributed by atoms with Gasteiger partial charge in [0, 0.05) is 6.42 Å². The van der Waals surface area contributed by atoms with E-state index in [4.69, 9.17) is 14.2 Å². The third-order valence-corrected chi connectivity index (χ3v) is 5.13. The Kier molecular flexibility index (Phi) is 10.8. The average Bonchev–Trinajstić information content (AvgIpc) is 2.81. The van der Waals surface area contributed by atoms with Gasteiger partial charge in [-0.3, -0.25) is 4.79 Å². The second-order valence-electron chi connectivity index (χ2n) is 10.0. The van der Waals surface area contributed by atoms with Crippen LogP contribution in [0.15, 0.2) is 54.6 Å². The minimum Gasteiger partial charge on any atom is -0.489 e. The molecular weight excluding hydrogens is 460 g/mol. The van der Waals surface area contributed by atoms with E-state index in [1.807, 2.05) is 68.4 Å². The van der Waals surface area contributed by atoms with Crippen LogP contribution in [0.4, 0.5) is 4.79 Å². The van der Waals surface area contributed by atoms with Gasteiger partial charge >= 0.3 is 12.1 Å². The maximum Gasteiger partial charge on any atom is 0.408 e. The smallest absolute Gasteiger partial charge is 0.408 e. The highest BCUT2D eigenvalue weighted by Crippen LogP contribution is 2.16. The molecule has 0 bridgehead atoms. The Labute approximate surface area is 213 Å². The highest BCUT2D eigenvalue weighted by molar-refractivity contribution is 5.89. The quantitative estimate of drug-likeness (QED) is 0.445. The topological polar surface area (TPSA) is 103 Å². The van der Waals surface area contributed by atoms with Crippen molar-refractivity contribution in [3.63, 3.8) is 0 Å². The van der Waals surface area contributed by atoms with Gasteiger partial charge in [-0.1, -0.05) is 56.3 Å². The summed E-state index contributed by atoms with van der Waals surface area (Å²) in [6, 6.07) is 15.4. The normalized spacial score (nSPS) is 12.9. The fraction of sp³-hybridized carbons (Fsp3) is 0.464. The van der Waals surface area contributed by atoms with Crippen LogP contribution in [0.5, 0.6) is 5.75 Å². The molecule has 2 N–H and O–H groups in total. The number of hydrogen-bond acceptors (Lipinski definition) is 6. The Morgan fingerprint density at radius 2 is 1.50 bits per heavy atom. The highest BCUT2D eigenvalue weighted by atomic mass is 16.6. The summed E-state index contributed by atoms with van der Waals surface area (Å²) in [6.07, 6.45) is -0.0889. The van der Waals surface area contributed by atoms with Crippen LogP contribution in [0, 0.1) is 5.92 Å². The summed E-state index contributed by atoms with van der Waals surface area (Å²) in [6.45, 7) is 9.57. The summed E-state index contributed by atoms with van der Waals surface area (Å²) in [5.74, 6) is -0.239. The molecule has 2 atom stereocenters. The molecule has 0 aliphatic rings. The number of methoxy groups -OCH3 is 1. The fourth-order valence-corrected chi connectivity index (χ4v) is 3.46. The maximum absolute atomic E-state index is 13.1. The van der Waals surface area contributed by atoms with Crippen LogP contribution in [0.2, 0.25) is 0 Å². The lowest BCUT2D eigenvalue weighted by Gasteiger charge is -2.25. The summed E-state index contributed by atoms with van der Waals surface area (Å²) in [5.41, 5.74) is 1.18. The average molecular weight is 499 g/mol. The van der Waals surface area contributed by atoms with Crippen molar-refractivity contribution >= 4 is 18.0 Å². The second kappa shape index (κ2) is 13.5. The molecule has 8 nitrogen and oxygen atoms in total. The molecule has 2 rings (SSSR count). The van der Waals surface area contributed by atoms with Crippen molar-refractivity contribution in [3.05, 3.63) is 65.7 Å². The molecule has 0 aromatic heterocycles. The van der Waals surface area contributed by atoms with Crippen molar-refractivity contribution in [1.29, 1.82) is 0 Å². The van der Waals surface area contributed by atoms with Gasteiger partial charge in [-0.2, -0.15) is 0 Å². The first-order valence-electron chi connectivity index (χ1n) is 12.1. The van der Waals surface area contributed by atoms with Crippen molar-refractivity contribution in [2.75, 3.05) is 7.11 Å². The molecule has 2 aromatic carbocycles. The number of nitrogens with one attached hydrogen (secondary N) is 2. The molecule has 8 heteroatoms. The molecule has 196 valence electrons. The SMILES string of the molecule is COC(=O)[C@H](Cc1ccc(OCc2ccccc2)cc1)NC(=O)[C@H](CC(C)C)NC(=O)OC(C)(C)C. The van der Waals surface area contributed by atoms with Crippen LogP contribution in [-0.2, 0) is 32.1 Å². The Morgan fingerprint density at radius 3 is 2.06 bits per heavy atom. The first-order chi connectivity index (χ1) is 17.0. The van der Waals surface area contributed by atoms with Gasteiger partial charge in [-0.15, -0.1) is 0 Å². The zero-order chi connectivity index (χ0) is 26.7. The Balaban J connectivity index is 2.04. The molecule has 0 fully saturated rings. The lowest BCUT2D eigenvalue weighted by atomic mass is 10.0. The van der Waals surface area contributed by atoms with E-state index in [2.05, 4.69) is 10.6 Å². The summed E-state index contributed by atoms with van der Waals surface area (Å²) in [4.78, 5) is 37.8. The standard InChI is InChI=1S/C28H38N2O6/c1-19(2)16-23(30-27(33)36-28(3,4)5)25(31)29-24(26(32)34-6)17-20-12-14-22(15-13-20)35-18-21-10-8-7-9-11-21/h7-15,19,23-24H,16-18H2,1-6H3,(H,29,31)(H,30,33)/t23-,24-/m0/s1. The summed E-state index contributed by atoms with van der Waals surface area (Å²) >= 11 is 0. The number of amides is 2. The van der Waals surface area contributed by atoms with E-state index in [0.29, 0.717) is 18.8 Å². The second-order valence-corrected chi connectivity index (χ2v) is 10.0. The van der Waals surface area contributed by atoms with Crippen LogP contribution in [0.1, 0.15) is 52.2 Å². The Hall–Kier alpha value is -3.55. The first kappa shape index (κ1) is 28.7. The molecule has 0 saturated carbocycles. The molecule has 0 radical (unpaired) electrons. The van der Waals surface area contributed by atoms with Crippen molar-refractivity contribution < 1.29 is 28.6 Å². The number of alkyl carbamates (subject to hydrolysis) is 1. The van der Waals surface area contributed by atoms with Gasteiger partial charge in [0.1, 0.15) is 30.0 Å². The van der Waals surface area contributed by atoms with E-state index < -0.39 is 35.7 Å². The summed E-state index contributed by atoms with van der Waals surface area (Å²) in [7, 11) is 1.27. The lowest BCUT2D eigenvalue weighted by molar-refractivity contribution is -0.145.